The summed E-state index contributed by atoms with van der Waals surface area (Å²) in [6.07, 6.45) is 1.31. The number of hydrogen-bond donors (Lipinski definition) is 2. The summed E-state index contributed by atoms with van der Waals surface area (Å²) in [4.78, 5) is 49.3. The van der Waals surface area contributed by atoms with Crippen molar-refractivity contribution in [2.75, 3.05) is 23.4 Å². The average Bonchev–Trinajstić information content (AvgIpc) is 3.18. The molecule has 0 spiro atoms. The van der Waals surface area contributed by atoms with Crippen molar-refractivity contribution in [3.8, 4) is 0 Å². The van der Waals surface area contributed by atoms with Crippen molar-refractivity contribution in [3.63, 3.8) is 0 Å². The van der Waals surface area contributed by atoms with Crippen LogP contribution in [0.15, 0.2) is 54.6 Å². The molecule has 0 radical (unpaired) electrons. The van der Waals surface area contributed by atoms with Crippen LogP contribution in [0.25, 0.3) is 0 Å². The quantitative estimate of drug-likeness (QED) is 0.635. The molecule has 0 saturated carbocycles. The van der Waals surface area contributed by atoms with Crippen molar-refractivity contribution in [3.05, 3.63) is 60.2 Å². The first kappa shape index (κ1) is 22.0. The fourth-order valence-corrected chi connectivity index (χ4v) is 3.40. The van der Waals surface area contributed by atoms with Gasteiger partial charge in [-0.3, -0.25) is 19.2 Å². The fraction of sp³-hybridized carbons (Fsp3) is 0.304. The van der Waals surface area contributed by atoms with E-state index >= 15 is 0 Å². The first-order valence-corrected chi connectivity index (χ1v) is 10.1. The van der Waals surface area contributed by atoms with Gasteiger partial charge in [0.05, 0.1) is 12.5 Å². The smallest absolute Gasteiger partial charge is 0.308 e. The number of carbonyl (C=O) groups is 4. The number of benzene rings is 2. The Labute approximate surface area is 180 Å². The summed E-state index contributed by atoms with van der Waals surface area (Å²) in [5.41, 5.74) is 2.10. The van der Waals surface area contributed by atoms with Crippen LogP contribution in [0.4, 0.5) is 11.4 Å². The maximum Gasteiger partial charge on any atom is 0.308 e. The Morgan fingerprint density at radius 1 is 1.06 bits per heavy atom. The number of rotatable bonds is 8. The summed E-state index contributed by atoms with van der Waals surface area (Å²) in [5.74, 6) is -1.25. The largest absolute Gasteiger partial charge is 0.455 e. The number of esters is 1. The molecule has 162 valence electrons. The van der Waals surface area contributed by atoms with Gasteiger partial charge in [-0.25, -0.2) is 0 Å². The highest BCUT2D eigenvalue weighted by molar-refractivity contribution is 5.96. The lowest BCUT2D eigenvalue weighted by atomic mass is 10.0. The van der Waals surface area contributed by atoms with Gasteiger partial charge >= 0.3 is 5.97 Å². The van der Waals surface area contributed by atoms with E-state index in [0.29, 0.717) is 18.7 Å². The number of nitrogens with zero attached hydrogens (tertiary/aromatic N) is 1. The van der Waals surface area contributed by atoms with Crippen molar-refractivity contribution in [2.45, 2.75) is 32.2 Å². The SMILES string of the molecule is CC(=O)N[C@@H](CC(=O)OCC(=O)Nc1ccc(N2CCCC2=O)cc1)c1ccccc1. The van der Waals surface area contributed by atoms with E-state index in [9.17, 15) is 19.2 Å². The maximum atomic E-state index is 12.2. The molecule has 0 bridgehead atoms. The van der Waals surface area contributed by atoms with Crippen molar-refractivity contribution >= 4 is 35.1 Å². The molecule has 8 nitrogen and oxygen atoms in total. The third-order valence-corrected chi connectivity index (χ3v) is 4.85. The van der Waals surface area contributed by atoms with Crippen LogP contribution in [-0.2, 0) is 23.9 Å². The van der Waals surface area contributed by atoms with Gasteiger partial charge in [-0.05, 0) is 36.2 Å². The third-order valence-electron chi connectivity index (χ3n) is 4.85. The number of carbonyl (C=O) groups excluding carboxylic acids is 4. The molecule has 1 heterocycles. The zero-order chi connectivity index (χ0) is 22.2. The predicted octanol–water partition coefficient (Wildman–Crippen LogP) is 2.56. The molecule has 1 aliphatic heterocycles. The highest BCUT2D eigenvalue weighted by atomic mass is 16.5. The molecule has 0 aromatic heterocycles. The number of anilines is 2. The molecule has 3 amide bonds. The molecule has 1 atom stereocenters. The molecule has 1 aliphatic rings. The molecule has 31 heavy (non-hydrogen) atoms. The zero-order valence-electron chi connectivity index (χ0n) is 17.3. The highest BCUT2D eigenvalue weighted by Gasteiger charge is 2.22. The lowest BCUT2D eigenvalue weighted by Crippen LogP contribution is -2.29. The molecule has 0 unspecified atom stereocenters. The van der Waals surface area contributed by atoms with Crippen LogP contribution in [0.5, 0.6) is 0 Å². The molecular weight excluding hydrogens is 398 g/mol. The van der Waals surface area contributed by atoms with Crippen LogP contribution < -0.4 is 15.5 Å². The normalized spacial score (nSPS) is 14.1. The van der Waals surface area contributed by atoms with E-state index in [2.05, 4.69) is 10.6 Å². The lowest BCUT2D eigenvalue weighted by Gasteiger charge is -2.17. The summed E-state index contributed by atoms with van der Waals surface area (Å²) in [5, 5.41) is 5.37. The van der Waals surface area contributed by atoms with E-state index in [0.717, 1.165) is 17.7 Å². The molecule has 0 aliphatic carbocycles. The molecule has 2 N–H and O–H groups in total. The zero-order valence-corrected chi connectivity index (χ0v) is 17.3. The lowest BCUT2D eigenvalue weighted by molar-refractivity contribution is -0.148. The van der Waals surface area contributed by atoms with E-state index in [1.807, 2.05) is 18.2 Å². The van der Waals surface area contributed by atoms with Gasteiger partial charge < -0.3 is 20.3 Å². The maximum absolute atomic E-state index is 12.2. The molecule has 3 rings (SSSR count). The number of ether oxygens (including phenoxy) is 1. The van der Waals surface area contributed by atoms with Gasteiger partial charge in [0.2, 0.25) is 11.8 Å². The monoisotopic (exact) mass is 423 g/mol. The second-order valence-corrected chi connectivity index (χ2v) is 7.27. The Kier molecular flexibility index (Phi) is 7.37. The van der Waals surface area contributed by atoms with Crippen LogP contribution in [0.3, 0.4) is 0 Å². The van der Waals surface area contributed by atoms with Gasteiger partial charge in [0.25, 0.3) is 5.91 Å². The molecule has 2 aromatic carbocycles. The Morgan fingerprint density at radius 2 is 1.77 bits per heavy atom. The number of hydrogen-bond acceptors (Lipinski definition) is 5. The Hall–Kier alpha value is -3.68. The standard InChI is InChI=1S/C23H25N3O5/c1-16(27)24-20(17-6-3-2-4-7-17)14-23(30)31-15-21(28)25-18-9-11-19(12-10-18)26-13-5-8-22(26)29/h2-4,6-7,9-12,20H,5,8,13-15H2,1H3,(H,24,27)(H,25,28)/t20-/m0/s1. The van der Waals surface area contributed by atoms with Gasteiger partial charge in [0.15, 0.2) is 6.61 Å². The topological polar surface area (TPSA) is 105 Å². The second kappa shape index (κ2) is 10.4. The summed E-state index contributed by atoms with van der Waals surface area (Å²) in [6.45, 7) is 1.63. The van der Waals surface area contributed by atoms with Crippen LogP contribution in [0.1, 0.15) is 37.8 Å². The molecule has 1 saturated heterocycles. The van der Waals surface area contributed by atoms with Gasteiger partial charge in [0, 0.05) is 31.3 Å². The summed E-state index contributed by atoms with van der Waals surface area (Å²) in [7, 11) is 0. The first-order chi connectivity index (χ1) is 14.9. The number of amides is 3. The molecule has 2 aromatic rings. The van der Waals surface area contributed by atoms with E-state index in [-0.39, 0.29) is 18.2 Å². The predicted molar refractivity (Wildman–Crippen MR) is 115 cm³/mol. The highest BCUT2D eigenvalue weighted by Crippen LogP contribution is 2.23. The van der Waals surface area contributed by atoms with Gasteiger partial charge in [0.1, 0.15) is 0 Å². The Bertz CT molecular complexity index is 943. The van der Waals surface area contributed by atoms with Crippen LogP contribution in [-0.4, -0.2) is 36.8 Å². The third kappa shape index (κ3) is 6.40. The fourth-order valence-electron chi connectivity index (χ4n) is 3.40. The number of nitrogens with one attached hydrogen (secondary N) is 2. The summed E-state index contributed by atoms with van der Waals surface area (Å²) < 4.78 is 5.07. The second-order valence-electron chi connectivity index (χ2n) is 7.27. The minimum atomic E-state index is -0.597. The van der Waals surface area contributed by atoms with Crippen molar-refractivity contribution in [1.29, 1.82) is 0 Å². The van der Waals surface area contributed by atoms with Crippen LogP contribution in [0, 0.1) is 0 Å². The van der Waals surface area contributed by atoms with Crippen molar-refractivity contribution < 1.29 is 23.9 Å². The molecule has 8 heteroatoms. The van der Waals surface area contributed by atoms with E-state index in [1.165, 1.54) is 6.92 Å². The van der Waals surface area contributed by atoms with E-state index < -0.39 is 24.5 Å². The van der Waals surface area contributed by atoms with Gasteiger partial charge in [-0.2, -0.15) is 0 Å². The van der Waals surface area contributed by atoms with Crippen LogP contribution in [0.2, 0.25) is 0 Å². The van der Waals surface area contributed by atoms with E-state index in [1.54, 1.807) is 41.3 Å². The Balaban J connectivity index is 1.48. The van der Waals surface area contributed by atoms with Gasteiger partial charge in [-0.15, -0.1) is 0 Å². The molecule has 1 fully saturated rings. The van der Waals surface area contributed by atoms with Crippen LogP contribution >= 0.6 is 0 Å². The Morgan fingerprint density at radius 3 is 2.39 bits per heavy atom. The van der Waals surface area contributed by atoms with Crippen molar-refractivity contribution in [1.82, 2.24) is 5.32 Å². The summed E-state index contributed by atoms with van der Waals surface area (Å²) >= 11 is 0. The summed E-state index contributed by atoms with van der Waals surface area (Å²) in [6, 6.07) is 15.5. The van der Waals surface area contributed by atoms with Gasteiger partial charge in [-0.1, -0.05) is 30.3 Å². The molecular formula is C23H25N3O5. The average molecular weight is 423 g/mol. The minimum Gasteiger partial charge on any atom is -0.455 e. The minimum absolute atomic E-state index is 0.0879. The van der Waals surface area contributed by atoms with E-state index in [4.69, 9.17) is 4.74 Å². The first-order valence-electron chi connectivity index (χ1n) is 10.1. The van der Waals surface area contributed by atoms with Crippen molar-refractivity contribution in [2.24, 2.45) is 0 Å².